The van der Waals surface area contributed by atoms with Crippen molar-refractivity contribution in [1.29, 1.82) is 0 Å². The molecule has 0 spiro atoms. The Morgan fingerprint density at radius 2 is 2.29 bits per heavy atom. The fourth-order valence-corrected chi connectivity index (χ4v) is 1.54. The molecule has 0 atom stereocenters. The molecule has 14 heavy (non-hydrogen) atoms. The highest BCUT2D eigenvalue weighted by atomic mass is 35.5. The van der Waals surface area contributed by atoms with E-state index in [0.29, 0.717) is 4.34 Å². The van der Waals surface area contributed by atoms with Gasteiger partial charge in [0.05, 0.1) is 10.6 Å². The van der Waals surface area contributed by atoms with Gasteiger partial charge in [-0.2, -0.15) is 5.10 Å². The Labute approximate surface area is 88.5 Å². The molecule has 1 aromatic rings. The molecule has 1 heterocycles. The second-order valence-electron chi connectivity index (χ2n) is 2.21. The topological polar surface area (TPSA) is 84.5 Å². The van der Waals surface area contributed by atoms with Crippen LogP contribution in [0.15, 0.2) is 17.2 Å². The number of thiophene rings is 1. The summed E-state index contributed by atoms with van der Waals surface area (Å²) in [6, 6.07) is 3.43. The first-order valence-electron chi connectivity index (χ1n) is 3.48. The van der Waals surface area contributed by atoms with E-state index in [9.17, 15) is 9.59 Å². The Hall–Kier alpha value is -1.40. The van der Waals surface area contributed by atoms with E-state index in [-0.39, 0.29) is 0 Å². The molecule has 2 amide bonds. The molecule has 0 aliphatic heterocycles. The van der Waals surface area contributed by atoms with E-state index in [1.54, 1.807) is 12.1 Å². The summed E-state index contributed by atoms with van der Waals surface area (Å²) in [4.78, 5) is 21.6. The van der Waals surface area contributed by atoms with Gasteiger partial charge in [-0.25, -0.2) is 5.43 Å². The van der Waals surface area contributed by atoms with Gasteiger partial charge in [0.1, 0.15) is 0 Å². The van der Waals surface area contributed by atoms with Crippen LogP contribution in [-0.4, -0.2) is 18.0 Å². The van der Waals surface area contributed by atoms with Gasteiger partial charge in [-0.3, -0.25) is 9.59 Å². The Morgan fingerprint density at radius 3 is 2.79 bits per heavy atom. The maximum Gasteiger partial charge on any atom is 0.329 e. The van der Waals surface area contributed by atoms with Crippen LogP contribution in [0.1, 0.15) is 4.88 Å². The van der Waals surface area contributed by atoms with Crippen molar-refractivity contribution >= 4 is 41.0 Å². The van der Waals surface area contributed by atoms with Crippen LogP contribution in [-0.2, 0) is 9.59 Å². The van der Waals surface area contributed by atoms with Crippen molar-refractivity contribution in [3.63, 3.8) is 0 Å². The molecule has 0 radical (unpaired) electrons. The number of carbonyl (C=O) groups excluding carboxylic acids is 2. The monoisotopic (exact) mass is 231 g/mol. The highest BCUT2D eigenvalue weighted by molar-refractivity contribution is 7.17. The Bertz CT molecular complexity index is 388. The van der Waals surface area contributed by atoms with Gasteiger partial charge in [-0.05, 0) is 12.1 Å². The molecule has 0 aromatic carbocycles. The van der Waals surface area contributed by atoms with Gasteiger partial charge in [0.15, 0.2) is 0 Å². The predicted octanol–water partition coefficient (Wildman–Crippen LogP) is 0.337. The number of hydrogen-bond donors (Lipinski definition) is 2. The minimum atomic E-state index is -1.08. The lowest BCUT2D eigenvalue weighted by Crippen LogP contribution is -2.32. The summed E-state index contributed by atoms with van der Waals surface area (Å²) in [6.07, 6.45) is 1.37. The van der Waals surface area contributed by atoms with Crippen LogP contribution in [0.3, 0.4) is 0 Å². The molecule has 0 saturated carbocycles. The number of hydrazone groups is 1. The average molecular weight is 232 g/mol. The molecule has 5 nitrogen and oxygen atoms in total. The second kappa shape index (κ2) is 4.73. The van der Waals surface area contributed by atoms with E-state index in [1.165, 1.54) is 17.6 Å². The van der Waals surface area contributed by atoms with Crippen molar-refractivity contribution in [2.45, 2.75) is 0 Å². The molecule has 0 unspecified atom stereocenters. The number of nitrogens with zero attached hydrogens (tertiary/aromatic N) is 1. The van der Waals surface area contributed by atoms with E-state index in [2.05, 4.69) is 10.8 Å². The number of amides is 2. The first-order chi connectivity index (χ1) is 6.59. The van der Waals surface area contributed by atoms with Gasteiger partial charge in [-0.15, -0.1) is 11.3 Å². The number of hydrogen-bond acceptors (Lipinski definition) is 4. The lowest BCUT2D eigenvalue weighted by molar-refractivity contribution is -0.137. The van der Waals surface area contributed by atoms with Crippen LogP contribution >= 0.6 is 22.9 Å². The quantitative estimate of drug-likeness (QED) is 0.437. The fourth-order valence-electron chi connectivity index (χ4n) is 0.607. The molecule has 1 rings (SSSR count). The standard InChI is InChI=1S/C7H6ClN3O2S/c8-5-2-1-4(14-5)3-10-11-7(13)6(9)12/h1-3H,(H2,9,12)(H,11,13)/b10-3+. The van der Waals surface area contributed by atoms with Crippen molar-refractivity contribution < 1.29 is 9.59 Å². The van der Waals surface area contributed by atoms with Gasteiger partial charge < -0.3 is 5.73 Å². The third-order valence-electron chi connectivity index (χ3n) is 1.18. The highest BCUT2D eigenvalue weighted by Gasteiger charge is 2.05. The van der Waals surface area contributed by atoms with Crippen LogP contribution in [0.25, 0.3) is 0 Å². The summed E-state index contributed by atoms with van der Waals surface area (Å²) in [5.41, 5.74) is 6.64. The van der Waals surface area contributed by atoms with Crippen molar-refractivity contribution in [1.82, 2.24) is 5.43 Å². The second-order valence-corrected chi connectivity index (χ2v) is 3.95. The van der Waals surface area contributed by atoms with Crippen molar-refractivity contribution in [3.8, 4) is 0 Å². The number of rotatable bonds is 2. The molecule has 0 fully saturated rings. The molecule has 3 N–H and O–H groups in total. The summed E-state index contributed by atoms with van der Waals surface area (Å²) in [7, 11) is 0. The predicted molar refractivity (Wildman–Crippen MR) is 54.3 cm³/mol. The molecule has 7 heteroatoms. The maximum atomic E-state index is 10.6. The normalized spacial score (nSPS) is 10.4. The van der Waals surface area contributed by atoms with E-state index < -0.39 is 11.8 Å². The first kappa shape index (κ1) is 10.7. The van der Waals surface area contributed by atoms with Crippen LogP contribution in [0.5, 0.6) is 0 Å². The largest absolute Gasteiger partial charge is 0.361 e. The molecule has 0 aliphatic rings. The molecule has 1 aromatic heterocycles. The third-order valence-corrected chi connectivity index (χ3v) is 2.34. The van der Waals surface area contributed by atoms with Gasteiger partial charge >= 0.3 is 11.8 Å². The molecule has 74 valence electrons. The summed E-state index contributed by atoms with van der Waals surface area (Å²) >= 11 is 6.94. The first-order valence-corrected chi connectivity index (χ1v) is 4.67. The Balaban J connectivity index is 2.49. The smallest absolute Gasteiger partial charge is 0.329 e. The molecular formula is C7H6ClN3O2S. The van der Waals surface area contributed by atoms with Crippen LogP contribution in [0.4, 0.5) is 0 Å². The molecule has 0 bridgehead atoms. The average Bonchev–Trinajstić information content (AvgIpc) is 2.51. The van der Waals surface area contributed by atoms with E-state index in [4.69, 9.17) is 11.6 Å². The van der Waals surface area contributed by atoms with Gasteiger partial charge in [0.25, 0.3) is 0 Å². The van der Waals surface area contributed by atoms with E-state index in [0.717, 1.165) is 4.88 Å². The summed E-state index contributed by atoms with van der Waals surface area (Å²) in [6.45, 7) is 0. The van der Waals surface area contributed by atoms with E-state index >= 15 is 0 Å². The highest BCUT2D eigenvalue weighted by Crippen LogP contribution is 2.19. The summed E-state index contributed by atoms with van der Waals surface area (Å²) < 4.78 is 0.618. The van der Waals surface area contributed by atoms with Crippen molar-refractivity contribution in [2.24, 2.45) is 10.8 Å². The summed E-state index contributed by atoms with van der Waals surface area (Å²) in [5, 5.41) is 3.50. The van der Waals surface area contributed by atoms with Gasteiger partial charge in [0, 0.05) is 4.88 Å². The number of primary amides is 1. The Kier molecular flexibility index (Phi) is 3.61. The Morgan fingerprint density at radius 1 is 1.57 bits per heavy atom. The minimum absolute atomic E-state index is 0.618. The zero-order chi connectivity index (χ0) is 10.6. The maximum absolute atomic E-state index is 10.6. The molecular weight excluding hydrogens is 226 g/mol. The number of nitrogens with one attached hydrogen (secondary N) is 1. The third kappa shape index (κ3) is 3.15. The number of nitrogens with two attached hydrogens (primary N) is 1. The fraction of sp³-hybridized carbons (Fsp3) is 0. The zero-order valence-electron chi connectivity index (χ0n) is 6.86. The molecule has 0 saturated heterocycles. The summed E-state index contributed by atoms with van der Waals surface area (Å²) in [5.74, 6) is -2.03. The van der Waals surface area contributed by atoms with Crippen LogP contribution in [0, 0.1) is 0 Å². The van der Waals surface area contributed by atoms with Gasteiger partial charge in [-0.1, -0.05) is 11.6 Å². The number of halogens is 1. The number of carbonyl (C=O) groups is 2. The molecule has 0 aliphatic carbocycles. The minimum Gasteiger partial charge on any atom is -0.361 e. The lowest BCUT2D eigenvalue weighted by Gasteiger charge is -1.91. The van der Waals surface area contributed by atoms with Crippen molar-refractivity contribution in [2.75, 3.05) is 0 Å². The van der Waals surface area contributed by atoms with Gasteiger partial charge in [0.2, 0.25) is 0 Å². The van der Waals surface area contributed by atoms with Crippen LogP contribution < -0.4 is 11.2 Å². The SMILES string of the molecule is NC(=O)C(=O)N/N=C/c1ccc(Cl)s1. The zero-order valence-corrected chi connectivity index (χ0v) is 8.43. The van der Waals surface area contributed by atoms with Crippen LogP contribution in [0.2, 0.25) is 4.34 Å². The van der Waals surface area contributed by atoms with Crippen molar-refractivity contribution in [3.05, 3.63) is 21.3 Å². The van der Waals surface area contributed by atoms with E-state index in [1.807, 2.05) is 5.43 Å². The lowest BCUT2D eigenvalue weighted by atomic mass is 10.5.